The van der Waals surface area contributed by atoms with Crippen molar-refractivity contribution in [1.82, 2.24) is 0 Å². The van der Waals surface area contributed by atoms with E-state index in [1.165, 1.54) is 0 Å². The average molecular weight is 425 g/mol. The minimum absolute atomic E-state index is 0.149. The maximum Gasteiger partial charge on any atom is 0.255 e. The summed E-state index contributed by atoms with van der Waals surface area (Å²) >= 11 is 2.23. The van der Waals surface area contributed by atoms with Crippen LogP contribution in [0.3, 0.4) is 0 Å². The highest BCUT2D eigenvalue weighted by molar-refractivity contribution is 14.1. The van der Waals surface area contributed by atoms with Crippen molar-refractivity contribution in [3.63, 3.8) is 0 Å². The first-order valence-corrected chi connectivity index (χ1v) is 8.56. The Morgan fingerprint density at radius 2 is 1.96 bits per heavy atom. The summed E-state index contributed by atoms with van der Waals surface area (Å²) in [7, 11) is 0. The molecule has 0 saturated carbocycles. The van der Waals surface area contributed by atoms with Gasteiger partial charge in [0, 0.05) is 15.7 Å². The molecule has 0 unspecified atom stereocenters. The van der Waals surface area contributed by atoms with E-state index >= 15 is 0 Å². The first-order valence-electron chi connectivity index (χ1n) is 7.49. The van der Waals surface area contributed by atoms with Gasteiger partial charge < -0.3 is 14.8 Å². The van der Waals surface area contributed by atoms with Crippen molar-refractivity contribution in [2.24, 2.45) is 0 Å². The largest absolute Gasteiger partial charge is 0.489 e. The summed E-state index contributed by atoms with van der Waals surface area (Å²) in [6.07, 6.45) is 0. The van der Waals surface area contributed by atoms with E-state index in [0.717, 1.165) is 9.13 Å². The molecule has 4 nitrogen and oxygen atoms in total. The molecule has 0 radical (unpaired) electrons. The van der Waals surface area contributed by atoms with E-state index in [1.807, 2.05) is 56.3 Å². The van der Waals surface area contributed by atoms with Gasteiger partial charge in [0.15, 0.2) is 0 Å². The van der Waals surface area contributed by atoms with E-state index in [4.69, 9.17) is 9.47 Å². The molecule has 122 valence electrons. The van der Waals surface area contributed by atoms with Gasteiger partial charge in [0.05, 0.1) is 12.3 Å². The molecule has 0 heterocycles. The number of amides is 1. The van der Waals surface area contributed by atoms with E-state index in [9.17, 15) is 4.79 Å². The molecule has 5 heteroatoms. The van der Waals surface area contributed by atoms with Gasteiger partial charge in [0.1, 0.15) is 12.4 Å². The topological polar surface area (TPSA) is 47.6 Å². The van der Waals surface area contributed by atoms with Crippen LogP contribution in [0.1, 0.15) is 22.8 Å². The van der Waals surface area contributed by atoms with E-state index in [-0.39, 0.29) is 5.91 Å². The Bertz CT molecular complexity index is 673. The van der Waals surface area contributed by atoms with Crippen LogP contribution in [0.25, 0.3) is 0 Å². The number of halogens is 1. The fourth-order valence-corrected chi connectivity index (χ4v) is 2.49. The number of ether oxygens (including phenoxy) is 2. The van der Waals surface area contributed by atoms with Gasteiger partial charge in [0.25, 0.3) is 5.91 Å². The fraction of sp³-hybridized carbons (Fsp3) is 0.278. The maximum absolute atomic E-state index is 12.4. The van der Waals surface area contributed by atoms with Gasteiger partial charge in [-0.05, 0) is 66.3 Å². The van der Waals surface area contributed by atoms with Crippen LogP contribution in [0.5, 0.6) is 5.75 Å². The number of benzene rings is 2. The number of hydrogen-bond donors (Lipinski definition) is 1. The summed E-state index contributed by atoms with van der Waals surface area (Å²) in [6.45, 7) is 5.59. The number of carbonyl (C=O) groups is 1. The third-order valence-electron chi connectivity index (χ3n) is 3.26. The Kier molecular flexibility index (Phi) is 6.85. The zero-order valence-electron chi connectivity index (χ0n) is 13.3. The lowest BCUT2D eigenvalue weighted by Gasteiger charge is -2.13. The second-order valence-corrected chi connectivity index (χ2v) is 6.12. The highest BCUT2D eigenvalue weighted by atomic mass is 127. The first kappa shape index (κ1) is 17.7. The molecule has 0 aliphatic rings. The van der Waals surface area contributed by atoms with Crippen LogP contribution in [0.15, 0.2) is 42.5 Å². The van der Waals surface area contributed by atoms with Crippen molar-refractivity contribution in [3.8, 4) is 5.75 Å². The van der Waals surface area contributed by atoms with Gasteiger partial charge >= 0.3 is 0 Å². The Morgan fingerprint density at radius 3 is 2.70 bits per heavy atom. The molecular formula is C18H20INO3. The normalized spacial score (nSPS) is 10.4. The summed E-state index contributed by atoms with van der Waals surface area (Å²) in [6, 6.07) is 13.0. The number of nitrogens with one attached hydrogen (secondary N) is 1. The molecule has 0 saturated heterocycles. The second kappa shape index (κ2) is 8.88. The van der Waals surface area contributed by atoms with Gasteiger partial charge in [-0.25, -0.2) is 0 Å². The molecule has 0 aromatic heterocycles. The Labute approximate surface area is 150 Å². The van der Waals surface area contributed by atoms with Crippen LogP contribution in [0.4, 0.5) is 5.69 Å². The highest BCUT2D eigenvalue weighted by Crippen LogP contribution is 2.24. The number of carbonyl (C=O) groups excluding carboxylic acids is 1. The Morgan fingerprint density at radius 1 is 1.17 bits per heavy atom. The molecule has 2 rings (SSSR count). The highest BCUT2D eigenvalue weighted by Gasteiger charge is 2.10. The molecule has 0 fully saturated rings. The minimum atomic E-state index is -0.149. The van der Waals surface area contributed by atoms with E-state index in [0.29, 0.717) is 36.8 Å². The molecule has 1 amide bonds. The Hall–Kier alpha value is -1.60. The molecule has 0 aliphatic heterocycles. The SMILES string of the molecule is CCOCCOc1ccccc1NC(=O)c1ccc(C)c(I)c1. The maximum atomic E-state index is 12.4. The lowest BCUT2D eigenvalue weighted by molar-refractivity contribution is 0.102. The third-order valence-corrected chi connectivity index (χ3v) is 4.42. The molecule has 2 aromatic rings. The van der Waals surface area contributed by atoms with Crippen molar-refractivity contribution < 1.29 is 14.3 Å². The van der Waals surface area contributed by atoms with Crippen molar-refractivity contribution >= 4 is 34.2 Å². The quantitative estimate of drug-likeness (QED) is 0.533. The fourth-order valence-electron chi connectivity index (χ4n) is 1.98. The standard InChI is InChI=1S/C18H20INO3/c1-3-22-10-11-23-17-7-5-4-6-16(17)20-18(21)14-9-8-13(2)15(19)12-14/h4-9,12H,3,10-11H2,1-2H3,(H,20,21). The van der Waals surface area contributed by atoms with Crippen molar-refractivity contribution in [2.45, 2.75) is 13.8 Å². The van der Waals surface area contributed by atoms with Crippen LogP contribution in [0, 0.1) is 10.5 Å². The van der Waals surface area contributed by atoms with Crippen LogP contribution < -0.4 is 10.1 Å². The molecule has 23 heavy (non-hydrogen) atoms. The molecule has 0 bridgehead atoms. The Balaban J connectivity index is 2.06. The van der Waals surface area contributed by atoms with Gasteiger partial charge in [0.2, 0.25) is 0 Å². The van der Waals surface area contributed by atoms with Crippen molar-refractivity contribution in [1.29, 1.82) is 0 Å². The van der Waals surface area contributed by atoms with Gasteiger partial charge in [-0.1, -0.05) is 18.2 Å². The van der Waals surface area contributed by atoms with Crippen LogP contribution in [0.2, 0.25) is 0 Å². The second-order valence-electron chi connectivity index (χ2n) is 4.96. The van der Waals surface area contributed by atoms with Gasteiger partial charge in [-0.3, -0.25) is 4.79 Å². The summed E-state index contributed by atoms with van der Waals surface area (Å²) in [5.74, 6) is 0.492. The monoisotopic (exact) mass is 425 g/mol. The first-order chi connectivity index (χ1) is 11.1. The number of rotatable bonds is 7. The van der Waals surface area contributed by atoms with Crippen molar-refractivity contribution in [2.75, 3.05) is 25.1 Å². The zero-order valence-corrected chi connectivity index (χ0v) is 15.4. The number of para-hydroxylation sites is 2. The smallest absolute Gasteiger partial charge is 0.255 e. The summed E-state index contributed by atoms with van der Waals surface area (Å²) in [4.78, 5) is 12.4. The number of anilines is 1. The number of aryl methyl sites for hydroxylation is 1. The van der Waals surface area contributed by atoms with E-state index < -0.39 is 0 Å². The molecule has 0 aliphatic carbocycles. The van der Waals surface area contributed by atoms with Gasteiger partial charge in [-0.15, -0.1) is 0 Å². The van der Waals surface area contributed by atoms with Crippen LogP contribution in [-0.4, -0.2) is 25.7 Å². The van der Waals surface area contributed by atoms with Crippen molar-refractivity contribution in [3.05, 3.63) is 57.2 Å². The van der Waals surface area contributed by atoms with E-state index in [2.05, 4.69) is 27.9 Å². The minimum Gasteiger partial charge on any atom is -0.489 e. The molecular weight excluding hydrogens is 405 g/mol. The third kappa shape index (κ3) is 5.21. The molecule has 0 spiro atoms. The molecule has 0 atom stereocenters. The lowest BCUT2D eigenvalue weighted by Crippen LogP contribution is -2.14. The number of hydrogen-bond acceptors (Lipinski definition) is 3. The predicted molar refractivity (Wildman–Crippen MR) is 100 cm³/mol. The summed E-state index contributed by atoms with van der Waals surface area (Å²) < 4.78 is 12.0. The van der Waals surface area contributed by atoms with Gasteiger partial charge in [-0.2, -0.15) is 0 Å². The molecule has 2 aromatic carbocycles. The average Bonchev–Trinajstić information content (AvgIpc) is 2.55. The molecule has 1 N–H and O–H groups in total. The summed E-state index contributed by atoms with van der Waals surface area (Å²) in [5.41, 5.74) is 2.44. The lowest BCUT2D eigenvalue weighted by atomic mass is 10.1. The van der Waals surface area contributed by atoms with Crippen LogP contribution >= 0.6 is 22.6 Å². The van der Waals surface area contributed by atoms with E-state index in [1.54, 1.807) is 0 Å². The summed E-state index contributed by atoms with van der Waals surface area (Å²) in [5, 5.41) is 2.91. The zero-order chi connectivity index (χ0) is 16.7. The predicted octanol–water partition coefficient (Wildman–Crippen LogP) is 4.27. The van der Waals surface area contributed by atoms with Crippen LogP contribution in [-0.2, 0) is 4.74 Å².